The zero-order valence-corrected chi connectivity index (χ0v) is 16.2. The molecular weight excluding hydrogens is 330 g/mol. The van der Waals surface area contributed by atoms with Crippen LogP contribution in [0, 0.1) is 0 Å². The van der Waals surface area contributed by atoms with E-state index in [1.807, 2.05) is 36.2 Å². The number of carbonyl (C=O) groups is 1. The fraction of sp³-hybridized carbons (Fsp3) is 0.500. The number of rotatable bonds is 5. The van der Waals surface area contributed by atoms with E-state index in [0.717, 1.165) is 35.7 Å². The molecule has 26 heavy (non-hydrogen) atoms. The summed E-state index contributed by atoms with van der Waals surface area (Å²) in [6.07, 6.45) is 0.907. The Morgan fingerprint density at radius 3 is 2.62 bits per heavy atom. The van der Waals surface area contributed by atoms with E-state index in [-0.39, 0.29) is 11.8 Å². The predicted octanol–water partition coefficient (Wildman–Crippen LogP) is 3.19. The first-order valence-corrected chi connectivity index (χ1v) is 8.99. The molecule has 6 nitrogen and oxygen atoms in total. The zero-order valence-electron chi connectivity index (χ0n) is 16.2. The van der Waals surface area contributed by atoms with Crippen molar-refractivity contribution in [3.05, 3.63) is 41.2 Å². The van der Waals surface area contributed by atoms with Gasteiger partial charge in [-0.15, -0.1) is 0 Å². The van der Waals surface area contributed by atoms with Gasteiger partial charge < -0.3 is 14.4 Å². The minimum absolute atomic E-state index is 0.0382. The molecule has 1 saturated heterocycles. The average Bonchev–Trinajstić information content (AvgIpc) is 3.27. The first-order chi connectivity index (χ1) is 12.4. The standard InChI is InChI=1S/C20H27N3O3/c1-13(2)17-11-18(22(3)21-17)20(24)23-9-8-14(12-23)16-10-15(25-4)6-7-19(16)26-5/h6-7,10-11,13-14H,8-9,12H2,1-5H3/t14-/m1/s1. The zero-order chi connectivity index (χ0) is 18.8. The van der Waals surface area contributed by atoms with Gasteiger partial charge in [0, 0.05) is 31.6 Å². The van der Waals surface area contributed by atoms with Crippen molar-refractivity contribution in [2.75, 3.05) is 27.3 Å². The maximum Gasteiger partial charge on any atom is 0.272 e. The molecule has 0 bridgehead atoms. The van der Waals surface area contributed by atoms with Crippen LogP contribution in [0.15, 0.2) is 24.3 Å². The summed E-state index contributed by atoms with van der Waals surface area (Å²) in [5.74, 6) is 2.22. The second-order valence-corrected chi connectivity index (χ2v) is 7.08. The molecule has 6 heteroatoms. The summed E-state index contributed by atoms with van der Waals surface area (Å²) in [4.78, 5) is 14.9. The summed E-state index contributed by atoms with van der Waals surface area (Å²) >= 11 is 0. The molecule has 1 fully saturated rings. The van der Waals surface area contributed by atoms with Crippen LogP contribution in [0.25, 0.3) is 0 Å². The second-order valence-electron chi connectivity index (χ2n) is 7.08. The summed E-state index contributed by atoms with van der Waals surface area (Å²) in [6.45, 7) is 5.56. The highest BCUT2D eigenvalue weighted by Gasteiger charge is 2.31. The molecule has 0 N–H and O–H groups in total. The third-order valence-corrected chi connectivity index (χ3v) is 5.06. The summed E-state index contributed by atoms with van der Waals surface area (Å²) in [5.41, 5.74) is 2.68. The van der Waals surface area contributed by atoms with Crippen LogP contribution in [0.1, 0.15) is 53.8 Å². The van der Waals surface area contributed by atoms with Gasteiger partial charge in [0.05, 0.1) is 19.9 Å². The van der Waals surface area contributed by atoms with Crippen LogP contribution in [-0.2, 0) is 7.05 Å². The van der Waals surface area contributed by atoms with Crippen LogP contribution >= 0.6 is 0 Å². The number of aromatic nitrogens is 2. The minimum Gasteiger partial charge on any atom is -0.497 e. The van der Waals surface area contributed by atoms with Crippen LogP contribution < -0.4 is 9.47 Å². The molecular formula is C20H27N3O3. The summed E-state index contributed by atoms with van der Waals surface area (Å²) in [7, 11) is 5.16. The van der Waals surface area contributed by atoms with Gasteiger partial charge in [-0.25, -0.2) is 0 Å². The first kappa shape index (κ1) is 18.3. The number of carbonyl (C=O) groups excluding carboxylic acids is 1. The molecule has 1 aromatic carbocycles. The molecule has 3 rings (SSSR count). The van der Waals surface area contributed by atoms with Gasteiger partial charge in [-0.05, 0) is 36.6 Å². The van der Waals surface area contributed by atoms with Gasteiger partial charge in [-0.3, -0.25) is 9.48 Å². The quantitative estimate of drug-likeness (QED) is 0.825. The van der Waals surface area contributed by atoms with E-state index < -0.39 is 0 Å². The van der Waals surface area contributed by atoms with Crippen LogP contribution in [0.2, 0.25) is 0 Å². The van der Waals surface area contributed by atoms with Crippen molar-refractivity contribution in [1.29, 1.82) is 0 Å². The predicted molar refractivity (Wildman–Crippen MR) is 100 cm³/mol. The van der Waals surface area contributed by atoms with Gasteiger partial charge in [0.25, 0.3) is 5.91 Å². The van der Waals surface area contributed by atoms with Crippen molar-refractivity contribution in [2.24, 2.45) is 7.05 Å². The molecule has 2 aromatic rings. The van der Waals surface area contributed by atoms with Crippen molar-refractivity contribution < 1.29 is 14.3 Å². The molecule has 140 valence electrons. The Hall–Kier alpha value is -2.50. The Morgan fingerprint density at radius 2 is 2.00 bits per heavy atom. The normalized spacial score (nSPS) is 17.0. The van der Waals surface area contributed by atoms with Gasteiger partial charge in [0.2, 0.25) is 0 Å². The monoisotopic (exact) mass is 357 g/mol. The first-order valence-electron chi connectivity index (χ1n) is 8.99. The number of hydrogen-bond acceptors (Lipinski definition) is 4. The Morgan fingerprint density at radius 1 is 1.23 bits per heavy atom. The Labute approximate surface area is 154 Å². The number of methoxy groups -OCH3 is 2. The number of nitrogens with zero attached hydrogens (tertiary/aromatic N) is 3. The Kier molecular flexibility index (Phi) is 5.20. The highest BCUT2D eigenvalue weighted by molar-refractivity contribution is 5.93. The van der Waals surface area contributed by atoms with Crippen molar-refractivity contribution in [3.8, 4) is 11.5 Å². The molecule has 0 unspecified atom stereocenters. The van der Waals surface area contributed by atoms with Gasteiger partial charge >= 0.3 is 0 Å². The smallest absolute Gasteiger partial charge is 0.272 e. The lowest BCUT2D eigenvalue weighted by Gasteiger charge is -2.18. The van der Waals surface area contributed by atoms with Crippen LogP contribution in [0.3, 0.4) is 0 Å². The van der Waals surface area contributed by atoms with Crippen LogP contribution in [0.5, 0.6) is 11.5 Å². The van der Waals surface area contributed by atoms with E-state index in [1.165, 1.54) is 0 Å². The summed E-state index contributed by atoms with van der Waals surface area (Å²) in [5, 5.41) is 4.46. The molecule has 0 aliphatic carbocycles. The summed E-state index contributed by atoms with van der Waals surface area (Å²) in [6, 6.07) is 7.74. The number of amides is 1. The lowest BCUT2D eigenvalue weighted by atomic mass is 9.97. The Bertz CT molecular complexity index is 798. The van der Waals surface area contributed by atoms with Crippen LogP contribution in [-0.4, -0.2) is 47.9 Å². The maximum atomic E-state index is 13.0. The van der Waals surface area contributed by atoms with Crippen LogP contribution in [0.4, 0.5) is 0 Å². The SMILES string of the molecule is COc1ccc(OC)c([C@@H]2CCN(C(=O)c3cc(C(C)C)nn3C)C2)c1. The topological polar surface area (TPSA) is 56.6 Å². The summed E-state index contributed by atoms with van der Waals surface area (Å²) < 4.78 is 12.6. The number of ether oxygens (including phenoxy) is 2. The third kappa shape index (κ3) is 3.41. The average molecular weight is 357 g/mol. The van der Waals surface area contributed by atoms with E-state index in [4.69, 9.17) is 9.47 Å². The molecule has 1 amide bonds. The number of hydrogen-bond donors (Lipinski definition) is 0. The number of likely N-dealkylation sites (tertiary alicyclic amines) is 1. The van der Waals surface area contributed by atoms with Crippen molar-refractivity contribution in [1.82, 2.24) is 14.7 Å². The highest BCUT2D eigenvalue weighted by atomic mass is 16.5. The van der Waals surface area contributed by atoms with Crippen molar-refractivity contribution in [2.45, 2.75) is 32.1 Å². The molecule has 0 saturated carbocycles. The molecule has 1 aliphatic rings. The fourth-order valence-corrected chi connectivity index (χ4v) is 3.49. The Balaban J connectivity index is 1.79. The third-order valence-electron chi connectivity index (χ3n) is 5.06. The van der Waals surface area contributed by atoms with E-state index in [2.05, 4.69) is 18.9 Å². The molecule has 2 heterocycles. The second kappa shape index (κ2) is 7.40. The number of aryl methyl sites for hydroxylation is 1. The van der Waals surface area contributed by atoms with Gasteiger partial charge in [-0.1, -0.05) is 13.8 Å². The molecule has 1 atom stereocenters. The highest BCUT2D eigenvalue weighted by Crippen LogP contribution is 2.36. The maximum absolute atomic E-state index is 13.0. The van der Waals surface area contributed by atoms with Gasteiger partial charge in [-0.2, -0.15) is 5.10 Å². The molecule has 0 radical (unpaired) electrons. The minimum atomic E-state index is 0.0382. The molecule has 0 spiro atoms. The van der Waals surface area contributed by atoms with Crippen molar-refractivity contribution >= 4 is 5.91 Å². The lowest BCUT2D eigenvalue weighted by Crippen LogP contribution is -2.30. The lowest BCUT2D eigenvalue weighted by molar-refractivity contribution is 0.0780. The molecule has 1 aliphatic heterocycles. The largest absolute Gasteiger partial charge is 0.497 e. The van der Waals surface area contributed by atoms with Crippen molar-refractivity contribution in [3.63, 3.8) is 0 Å². The van der Waals surface area contributed by atoms with E-state index in [1.54, 1.807) is 18.9 Å². The van der Waals surface area contributed by atoms with Gasteiger partial charge in [0.15, 0.2) is 0 Å². The van der Waals surface area contributed by atoms with E-state index in [9.17, 15) is 4.79 Å². The molecule has 1 aromatic heterocycles. The van der Waals surface area contributed by atoms with E-state index in [0.29, 0.717) is 18.2 Å². The van der Waals surface area contributed by atoms with E-state index >= 15 is 0 Å². The fourth-order valence-electron chi connectivity index (χ4n) is 3.49. The number of benzene rings is 1. The van der Waals surface area contributed by atoms with Gasteiger partial charge in [0.1, 0.15) is 17.2 Å².